The van der Waals surface area contributed by atoms with Gasteiger partial charge < -0.3 is 10.2 Å². The van der Waals surface area contributed by atoms with Crippen molar-refractivity contribution in [2.75, 3.05) is 13.1 Å². The molecule has 2 N–H and O–H groups in total. The minimum atomic E-state index is -3.28. The molecule has 1 atom stereocenters. The summed E-state index contributed by atoms with van der Waals surface area (Å²) in [7, 11) is -3.28. The van der Waals surface area contributed by atoms with Crippen LogP contribution in [0.1, 0.15) is 12.0 Å². The van der Waals surface area contributed by atoms with Crippen molar-refractivity contribution < 1.29 is 28.2 Å². The maximum absolute atomic E-state index is 12.7. The Hall–Kier alpha value is -2.68. The molecule has 3 rings (SSSR count). The summed E-state index contributed by atoms with van der Waals surface area (Å²) in [6.45, 7) is 2.19. The van der Waals surface area contributed by atoms with Crippen LogP contribution in [0, 0.1) is 0 Å². The lowest BCUT2D eigenvalue weighted by atomic mass is 10.2. The van der Waals surface area contributed by atoms with Crippen molar-refractivity contribution >= 4 is 33.4 Å². The molecule has 0 spiro atoms. The van der Waals surface area contributed by atoms with Gasteiger partial charge in [-0.2, -0.15) is 0 Å². The minimum absolute atomic E-state index is 0.336. The first-order valence-electron chi connectivity index (χ1n) is 9.08. The molecule has 0 aromatic heterocycles. The zero-order valence-corrected chi connectivity index (χ0v) is 17.6. The molecule has 7 nitrogen and oxygen atoms in total. The molecule has 0 radical (unpaired) electrons. The Bertz CT molecular complexity index is 974. The molecule has 1 fully saturated rings. The van der Waals surface area contributed by atoms with Gasteiger partial charge in [0, 0.05) is 30.3 Å². The van der Waals surface area contributed by atoms with E-state index in [0.717, 1.165) is 13.1 Å². The molecule has 1 unspecified atom stereocenters. The number of halogens is 1. The first-order chi connectivity index (χ1) is 14.2. The van der Waals surface area contributed by atoms with E-state index in [-0.39, 0.29) is 5.25 Å². The number of hydrogen-bond donors (Lipinski definition) is 2. The quantitative estimate of drug-likeness (QED) is 0.649. The summed E-state index contributed by atoms with van der Waals surface area (Å²) in [6, 6.07) is 16.6. The number of hydrogen-bond acceptors (Lipinski definition) is 5. The van der Waals surface area contributed by atoms with Crippen molar-refractivity contribution in [3.63, 3.8) is 0 Å². The van der Waals surface area contributed by atoms with Crippen LogP contribution < -0.4 is 0 Å². The van der Waals surface area contributed by atoms with Gasteiger partial charge in [0.1, 0.15) is 0 Å². The molecule has 2 aromatic carbocycles. The van der Waals surface area contributed by atoms with Gasteiger partial charge in [-0.3, -0.25) is 4.90 Å². The van der Waals surface area contributed by atoms with Gasteiger partial charge in [0.05, 0.1) is 10.1 Å². The Labute approximate surface area is 180 Å². The van der Waals surface area contributed by atoms with E-state index < -0.39 is 21.8 Å². The lowest BCUT2D eigenvalue weighted by molar-refractivity contribution is -0.134. The predicted molar refractivity (Wildman–Crippen MR) is 113 cm³/mol. The fourth-order valence-electron chi connectivity index (χ4n) is 2.99. The average Bonchev–Trinajstić information content (AvgIpc) is 3.17. The van der Waals surface area contributed by atoms with Gasteiger partial charge in [-0.1, -0.05) is 41.9 Å². The molecular formula is C21H22ClNO6S. The van der Waals surface area contributed by atoms with Crippen LogP contribution in [0.5, 0.6) is 0 Å². The van der Waals surface area contributed by atoms with E-state index in [1.54, 1.807) is 24.3 Å². The fourth-order valence-corrected chi connectivity index (χ4v) is 4.84. The van der Waals surface area contributed by atoms with Gasteiger partial charge in [-0.25, -0.2) is 18.0 Å². The van der Waals surface area contributed by atoms with E-state index in [4.69, 9.17) is 21.8 Å². The first kappa shape index (κ1) is 23.6. The van der Waals surface area contributed by atoms with Gasteiger partial charge in [-0.05, 0) is 42.8 Å². The molecule has 1 aliphatic rings. The predicted octanol–water partition coefficient (Wildman–Crippen LogP) is 3.10. The molecule has 1 aliphatic heterocycles. The highest BCUT2D eigenvalue weighted by Gasteiger charge is 2.34. The van der Waals surface area contributed by atoms with Crippen molar-refractivity contribution in [1.29, 1.82) is 0 Å². The second-order valence-corrected chi connectivity index (χ2v) is 9.30. The summed E-state index contributed by atoms with van der Waals surface area (Å²) in [5.41, 5.74) is 1.21. The Kier molecular flexibility index (Phi) is 8.58. The molecule has 0 amide bonds. The number of nitrogens with zero attached hydrogens (tertiary/aromatic N) is 1. The number of aliphatic carboxylic acids is 2. The van der Waals surface area contributed by atoms with Crippen molar-refractivity contribution in [3.05, 3.63) is 77.3 Å². The highest BCUT2D eigenvalue weighted by atomic mass is 35.5. The molecule has 0 aliphatic carbocycles. The van der Waals surface area contributed by atoms with Crippen LogP contribution in [0.3, 0.4) is 0 Å². The molecule has 0 saturated carbocycles. The number of rotatable bonds is 6. The molecule has 9 heteroatoms. The summed E-state index contributed by atoms with van der Waals surface area (Å²) in [5, 5.41) is 15.8. The van der Waals surface area contributed by atoms with E-state index in [0.29, 0.717) is 35.0 Å². The lowest BCUT2D eigenvalue weighted by Gasteiger charge is -2.16. The van der Waals surface area contributed by atoms with Gasteiger partial charge in [0.25, 0.3) is 0 Å². The van der Waals surface area contributed by atoms with Crippen LogP contribution in [0.25, 0.3) is 0 Å². The van der Waals surface area contributed by atoms with Crippen LogP contribution >= 0.6 is 11.6 Å². The highest BCUT2D eigenvalue weighted by Crippen LogP contribution is 2.25. The zero-order chi connectivity index (χ0) is 22.1. The third kappa shape index (κ3) is 7.29. The summed E-state index contributed by atoms with van der Waals surface area (Å²) < 4.78 is 25.3. The van der Waals surface area contributed by atoms with E-state index in [9.17, 15) is 18.0 Å². The van der Waals surface area contributed by atoms with E-state index in [1.807, 2.05) is 18.2 Å². The van der Waals surface area contributed by atoms with Gasteiger partial charge in [0.2, 0.25) is 0 Å². The maximum Gasteiger partial charge on any atom is 0.328 e. The monoisotopic (exact) mass is 451 g/mol. The minimum Gasteiger partial charge on any atom is -0.478 e. The van der Waals surface area contributed by atoms with Gasteiger partial charge >= 0.3 is 11.9 Å². The number of carbonyl (C=O) groups is 2. The smallest absolute Gasteiger partial charge is 0.328 e. The van der Waals surface area contributed by atoms with Gasteiger partial charge in [0.15, 0.2) is 9.84 Å². The summed E-state index contributed by atoms with van der Waals surface area (Å²) >= 11 is 5.83. The topological polar surface area (TPSA) is 112 Å². The number of likely N-dealkylation sites (tertiary alicyclic amines) is 1. The molecule has 30 heavy (non-hydrogen) atoms. The van der Waals surface area contributed by atoms with Crippen LogP contribution in [0.2, 0.25) is 5.02 Å². The van der Waals surface area contributed by atoms with Crippen molar-refractivity contribution in [2.24, 2.45) is 0 Å². The third-order valence-corrected chi connectivity index (χ3v) is 6.87. The van der Waals surface area contributed by atoms with Crippen LogP contribution in [-0.4, -0.2) is 53.8 Å². The van der Waals surface area contributed by atoms with Crippen molar-refractivity contribution in [3.8, 4) is 0 Å². The summed E-state index contributed by atoms with van der Waals surface area (Å²) in [4.78, 5) is 21.7. The number of benzene rings is 2. The Morgan fingerprint density at radius 1 is 1.00 bits per heavy atom. The second-order valence-electron chi connectivity index (χ2n) is 6.64. The van der Waals surface area contributed by atoms with Crippen LogP contribution in [0.4, 0.5) is 0 Å². The van der Waals surface area contributed by atoms with Crippen LogP contribution in [-0.2, 0) is 26.0 Å². The van der Waals surface area contributed by atoms with Crippen molar-refractivity contribution in [2.45, 2.75) is 23.1 Å². The SMILES string of the molecule is O=C(O)C=CC(=O)O.O=S(=O)(c1ccc(Cl)cc1)C1CCN(Cc2ccccc2)C1. The summed E-state index contributed by atoms with van der Waals surface area (Å²) in [6.07, 6.45) is 1.79. The van der Waals surface area contributed by atoms with Crippen molar-refractivity contribution in [1.82, 2.24) is 4.90 Å². The molecule has 2 aromatic rings. The zero-order valence-electron chi connectivity index (χ0n) is 16.0. The molecule has 160 valence electrons. The number of carboxylic acid groups (broad SMARTS) is 2. The molecule has 1 saturated heterocycles. The van der Waals surface area contributed by atoms with Crippen LogP contribution in [0.15, 0.2) is 71.6 Å². The largest absolute Gasteiger partial charge is 0.478 e. The highest BCUT2D eigenvalue weighted by molar-refractivity contribution is 7.92. The normalized spacial score (nSPS) is 16.8. The number of sulfone groups is 1. The molecule has 1 heterocycles. The van der Waals surface area contributed by atoms with E-state index >= 15 is 0 Å². The van der Waals surface area contributed by atoms with E-state index in [2.05, 4.69) is 17.0 Å². The third-order valence-electron chi connectivity index (χ3n) is 4.43. The Balaban J connectivity index is 0.000000343. The average molecular weight is 452 g/mol. The molecular weight excluding hydrogens is 430 g/mol. The number of carboxylic acids is 2. The fraction of sp³-hybridized carbons (Fsp3) is 0.238. The van der Waals surface area contributed by atoms with Gasteiger partial charge in [-0.15, -0.1) is 0 Å². The standard InChI is InChI=1S/C17H18ClNO2S.C4H4O4/c18-15-6-8-16(9-7-15)22(20,21)17-10-11-19(13-17)12-14-4-2-1-3-5-14;5-3(6)1-2-4(7)8/h1-9,17H,10-13H2;1-2H,(H,5,6)(H,7,8). The molecule has 0 bridgehead atoms. The Morgan fingerprint density at radius 3 is 2.10 bits per heavy atom. The lowest BCUT2D eigenvalue weighted by Crippen LogP contribution is -2.27. The first-order valence-corrected chi connectivity index (χ1v) is 11.0. The maximum atomic E-state index is 12.7. The second kappa shape index (κ2) is 10.9. The Morgan fingerprint density at radius 2 is 1.57 bits per heavy atom. The van der Waals surface area contributed by atoms with E-state index in [1.165, 1.54) is 5.56 Å². The summed E-state index contributed by atoms with van der Waals surface area (Å²) in [5.74, 6) is -2.51.